The number of methoxy groups -OCH3 is 1. The van der Waals surface area contributed by atoms with E-state index in [1.54, 1.807) is 13.3 Å². The summed E-state index contributed by atoms with van der Waals surface area (Å²) < 4.78 is 13.0. The second-order valence-corrected chi connectivity index (χ2v) is 6.01. The molecular formula is C15H18N7O2Se. The van der Waals surface area contributed by atoms with Crippen LogP contribution >= 0.6 is 0 Å². The summed E-state index contributed by atoms with van der Waals surface area (Å²) in [5.41, 5.74) is 14.5. The summed E-state index contributed by atoms with van der Waals surface area (Å²) in [6.45, 7) is 1.72. The fourth-order valence-electron chi connectivity index (χ4n) is 2.26. The standard InChI is InChI=1S/C15H18N7O2Se/c1-23-4-5-24-14-20-12(17)11-13(21-14)22(15(25)19-11)8-9-2-3-10(6-16)18-7-9/h2-3,7H,4-6,8,16H2,1H3,(H2,17,20,21). The summed E-state index contributed by atoms with van der Waals surface area (Å²) in [5.74, 6) is 0.268. The van der Waals surface area contributed by atoms with Gasteiger partial charge < -0.3 is 0 Å². The third kappa shape index (κ3) is 3.88. The van der Waals surface area contributed by atoms with E-state index in [2.05, 4.69) is 35.9 Å². The van der Waals surface area contributed by atoms with Crippen molar-refractivity contribution in [1.82, 2.24) is 24.5 Å². The van der Waals surface area contributed by atoms with Crippen molar-refractivity contribution in [3.63, 3.8) is 0 Å². The number of anilines is 1. The third-order valence-electron chi connectivity index (χ3n) is 3.52. The number of pyridine rings is 1. The first kappa shape index (κ1) is 17.6. The minimum absolute atomic E-state index is 0.194. The quantitative estimate of drug-likeness (QED) is 0.382. The van der Waals surface area contributed by atoms with Gasteiger partial charge in [-0.3, -0.25) is 0 Å². The Bertz CT molecular complexity index is 866. The molecule has 0 amide bonds. The molecule has 0 atom stereocenters. The topological polar surface area (TPSA) is 127 Å². The molecule has 1 radical (unpaired) electrons. The van der Waals surface area contributed by atoms with E-state index in [9.17, 15) is 0 Å². The molecule has 9 nitrogen and oxygen atoms in total. The number of hydrogen-bond donors (Lipinski definition) is 2. The molecule has 0 aromatic carbocycles. The van der Waals surface area contributed by atoms with Crippen molar-refractivity contribution >= 4 is 37.7 Å². The first-order chi connectivity index (χ1) is 12.1. The molecule has 3 heterocycles. The first-order valence-electron chi connectivity index (χ1n) is 7.58. The number of fused-ring (bicyclic) bond motifs is 1. The summed E-state index contributed by atoms with van der Waals surface area (Å²) >= 11 is 2.93. The molecule has 0 unspecified atom stereocenters. The van der Waals surface area contributed by atoms with Gasteiger partial charge in [-0.2, -0.15) is 0 Å². The van der Waals surface area contributed by atoms with E-state index in [-0.39, 0.29) is 11.8 Å². The average Bonchev–Trinajstić information content (AvgIpc) is 2.93. The van der Waals surface area contributed by atoms with Crippen LogP contribution in [0.4, 0.5) is 5.82 Å². The van der Waals surface area contributed by atoms with Crippen molar-refractivity contribution in [3.05, 3.63) is 29.6 Å². The predicted octanol–water partition coefficient (Wildman–Crippen LogP) is -0.870. The molecular weight excluding hydrogens is 389 g/mol. The summed E-state index contributed by atoms with van der Waals surface area (Å²) in [6, 6.07) is 4.07. The Morgan fingerprint density at radius 1 is 1.20 bits per heavy atom. The normalized spacial score (nSPS) is 11.1. The third-order valence-corrected chi connectivity index (χ3v) is 4.17. The van der Waals surface area contributed by atoms with Gasteiger partial charge in [0.15, 0.2) is 0 Å². The van der Waals surface area contributed by atoms with E-state index < -0.39 is 0 Å². The molecule has 0 aliphatic rings. The molecule has 0 saturated heterocycles. The van der Waals surface area contributed by atoms with Gasteiger partial charge in [-0.15, -0.1) is 0 Å². The van der Waals surface area contributed by atoms with Crippen LogP contribution < -0.4 is 20.9 Å². The number of imidazole rings is 1. The number of nitrogen functional groups attached to an aromatic ring is 1. The molecule has 0 bridgehead atoms. The summed E-state index contributed by atoms with van der Waals surface area (Å²) in [5, 5.41) is 0. The zero-order chi connectivity index (χ0) is 17.8. The van der Waals surface area contributed by atoms with E-state index >= 15 is 0 Å². The van der Waals surface area contributed by atoms with Crippen LogP contribution in [0.2, 0.25) is 0 Å². The van der Waals surface area contributed by atoms with Gasteiger partial charge in [-0.05, 0) is 0 Å². The molecule has 131 valence electrons. The van der Waals surface area contributed by atoms with Crippen LogP contribution in [0.5, 0.6) is 6.01 Å². The van der Waals surface area contributed by atoms with Crippen LogP contribution in [0, 0.1) is 0 Å². The van der Waals surface area contributed by atoms with Crippen molar-refractivity contribution < 1.29 is 9.47 Å². The van der Waals surface area contributed by atoms with Gasteiger partial charge in [-0.25, -0.2) is 0 Å². The van der Waals surface area contributed by atoms with Crippen LogP contribution in [0.25, 0.3) is 11.2 Å². The molecule has 0 aliphatic carbocycles. The van der Waals surface area contributed by atoms with E-state index in [0.717, 1.165) is 11.3 Å². The molecule has 3 rings (SSSR count). The fourth-order valence-corrected chi connectivity index (χ4v) is 2.76. The molecule has 25 heavy (non-hydrogen) atoms. The van der Waals surface area contributed by atoms with Gasteiger partial charge in [-0.1, -0.05) is 0 Å². The molecule has 3 aromatic heterocycles. The van der Waals surface area contributed by atoms with Gasteiger partial charge in [0.1, 0.15) is 0 Å². The van der Waals surface area contributed by atoms with E-state index in [1.807, 2.05) is 16.7 Å². The van der Waals surface area contributed by atoms with Crippen LogP contribution in [0.1, 0.15) is 11.3 Å². The predicted molar refractivity (Wildman–Crippen MR) is 93.7 cm³/mol. The van der Waals surface area contributed by atoms with E-state index in [1.165, 1.54) is 0 Å². The van der Waals surface area contributed by atoms with Gasteiger partial charge in [0.2, 0.25) is 0 Å². The Morgan fingerprint density at radius 2 is 2.04 bits per heavy atom. The van der Waals surface area contributed by atoms with Crippen LogP contribution in [-0.4, -0.2) is 60.8 Å². The molecule has 0 aliphatic heterocycles. The summed E-state index contributed by atoms with van der Waals surface area (Å²) in [6.07, 6.45) is 1.79. The van der Waals surface area contributed by atoms with Crippen LogP contribution in [0.15, 0.2) is 18.3 Å². The fraction of sp³-hybridized carbons (Fsp3) is 0.333. The Hall–Kier alpha value is -2.26. The Labute approximate surface area is 152 Å². The number of nitrogens with two attached hydrogens (primary N) is 2. The molecule has 3 aromatic rings. The average molecular weight is 407 g/mol. The van der Waals surface area contributed by atoms with E-state index in [4.69, 9.17) is 20.9 Å². The summed E-state index contributed by atoms with van der Waals surface area (Å²) in [4.78, 5) is 17.3. The first-order valence-corrected chi connectivity index (χ1v) is 8.44. The van der Waals surface area contributed by atoms with Crippen LogP contribution in [-0.2, 0) is 17.8 Å². The molecule has 0 spiro atoms. The second kappa shape index (κ2) is 7.75. The maximum absolute atomic E-state index is 6.00. The van der Waals surface area contributed by atoms with Crippen molar-refractivity contribution in [3.8, 4) is 6.01 Å². The van der Waals surface area contributed by atoms with Gasteiger partial charge >= 0.3 is 152 Å². The number of ether oxygens (including phenoxy) is 2. The molecule has 0 fully saturated rings. The second-order valence-electron chi connectivity index (χ2n) is 5.25. The Morgan fingerprint density at radius 3 is 2.72 bits per heavy atom. The number of rotatable bonds is 7. The van der Waals surface area contributed by atoms with Crippen molar-refractivity contribution in [2.24, 2.45) is 5.73 Å². The Kier molecular flexibility index (Phi) is 5.44. The van der Waals surface area contributed by atoms with Gasteiger partial charge in [0.25, 0.3) is 0 Å². The van der Waals surface area contributed by atoms with Gasteiger partial charge in [0, 0.05) is 0 Å². The zero-order valence-electron chi connectivity index (χ0n) is 13.7. The van der Waals surface area contributed by atoms with Crippen LogP contribution in [0.3, 0.4) is 0 Å². The SMILES string of the molecule is COCCOc1nc(N)c2nc([Se])n(Cc3ccc(CN)nc3)c2n1. The zero-order valence-corrected chi connectivity index (χ0v) is 15.4. The number of hydrogen-bond acceptors (Lipinski definition) is 8. The molecule has 4 N–H and O–H groups in total. The molecule has 10 heteroatoms. The van der Waals surface area contributed by atoms with Crippen molar-refractivity contribution in [2.75, 3.05) is 26.1 Å². The molecule has 0 saturated carbocycles. The monoisotopic (exact) mass is 408 g/mol. The maximum atomic E-state index is 6.00. The number of nitrogens with zero attached hydrogens (tertiary/aromatic N) is 5. The van der Waals surface area contributed by atoms with Gasteiger partial charge in [0.05, 0.1) is 0 Å². The Balaban J connectivity index is 1.94. The summed E-state index contributed by atoms with van der Waals surface area (Å²) in [7, 11) is 1.60. The van der Waals surface area contributed by atoms with Crippen molar-refractivity contribution in [1.29, 1.82) is 0 Å². The van der Waals surface area contributed by atoms with E-state index in [0.29, 0.717) is 42.2 Å². The minimum atomic E-state index is 0.194. The number of aromatic nitrogens is 5. The van der Waals surface area contributed by atoms with Crippen molar-refractivity contribution in [2.45, 2.75) is 13.1 Å².